The highest BCUT2D eigenvalue weighted by molar-refractivity contribution is 9.10. The van der Waals surface area contributed by atoms with Crippen molar-refractivity contribution in [3.8, 4) is 0 Å². The van der Waals surface area contributed by atoms with Crippen molar-refractivity contribution in [3.63, 3.8) is 0 Å². The van der Waals surface area contributed by atoms with Crippen molar-refractivity contribution in [3.05, 3.63) is 33.0 Å². The zero-order chi connectivity index (χ0) is 16.0. The SMILES string of the molecule is CCCNC(c1ccc(Br)c(Cl)c1F)C(CC)(CC)OC. The van der Waals surface area contributed by atoms with Crippen LogP contribution >= 0.6 is 27.5 Å². The first-order valence-corrected chi connectivity index (χ1v) is 8.56. The molecule has 0 amide bonds. The molecule has 0 radical (unpaired) electrons. The molecule has 0 saturated carbocycles. The molecule has 1 aromatic carbocycles. The van der Waals surface area contributed by atoms with E-state index in [0.29, 0.717) is 10.0 Å². The lowest BCUT2D eigenvalue weighted by Crippen LogP contribution is -2.45. The molecule has 0 bridgehead atoms. The van der Waals surface area contributed by atoms with Crippen molar-refractivity contribution in [1.82, 2.24) is 5.32 Å². The molecule has 1 rings (SSSR count). The molecule has 1 atom stereocenters. The van der Waals surface area contributed by atoms with Gasteiger partial charge < -0.3 is 10.1 Å². The lowest BCUT2D eigenvalue weighted by atomic mass is 9.83. The molecule has 0 aliphatic rings. The summed E-state index contributed by atoms with van der Waals surface area (Å²) in [7, 11) is 1.69. The van der Waals surface area contributed by atoms with Crippen LogP contribution in [0.4, 0.5) is 4.39 Å². The van der Waals surface area contributed by atoms with Crippen LogP contribution in [-0.4, -0.2) is 19.3 Å². The van der Waals surface area contributed by atoms with E-state index in [1.807, 2.05) is 0 Å². The highest BCUT2D eigenvalue weighted by Crippen LogP contribution is 2.39. The van der Waals surface area contributed by atoms with Gasteiger partial charge in [0.25, 0.3) is 0 Å². The van der Waals surface area contributed by atoms with E-state index in [0.717, 1.165) is 25.8 Å². The Morgan fingerprint density at radius 2 is 1.95 bits per heavy atom. The number of rotatable bonds is 8. The predicted octanol–water partition coefficient (Wildman–Crippen LogP) is 5.49. The zero-order valence-corrected chi connectivity index (χ0v) is 15.4. The normalized spacial score (nSPS) is 13.5. The van der Waals surface area contributed by atoms with Crippen LogP contribution in [0.1, 0.15) is 51.6 Å². The Bertz CT molecular complexity index is 458. The summed E-state index contributed by atoms with van der Waals surface area (Å²) < 4.78 is 21.0. The molecule has 120 valence electrons. The van der Waals surface area contributed by atoms with Crippen molar-refractivity contribution in [2.24, 2.45) is 0 Å². The van der Waals surface area contributed by atoms with Crippen LogP contribution in [0, 0.1) is 5.82 Å². The Labute approximate surface area is 140 Å². The number of nitrogens with one attached hydrogen (secondary N) is 1. The van der Waals surface area contributed by atoms with Gasteiger partial charge in [-0.15, -0.1) is 0 Å². The van der Waals surface area contributed by atoms with E-state index in [4.69, 9.17) is 16.3 Å². The van der Waals surface area contributed by atoms with Crippen LogP contribution in [-0.2, 0) is 4.74 Å². The molecule has 0 aromatic heterocycles. The highest BCUT2D eigenvalue weighted by atomic mass is 79.9. The molecule has 21 heavy (non-hydrogen) atoms. The van der Waals surface area contributed by atoms with Crippen LogP contribution in [0.5, 0.6) is 0 Å². The van der Waals surface area contributed by atoms with Crippen molar-refractivity contribution in [2.45, 2.75) is 51.7 Å². The molecule has 0 saturated heterocycles. The molecule has 0 aliphatic carbocycles. The first-order chi connectivity index (χ1) is 9.97. The van der Waals surface area contributed by atoms with Gasteiger partial charge in [0.15, 0.2) is 0 Å². The third-order valence-electron chi connectivity index (χ3n) is 4.10. The van der Waals surface area contributed by atoms with E-state index >= 15 is 0 Å². The summed E-state index contributed by atoms with van der Waals surface area (Å²) in [5.74, 6) is -0.386. The Hall–Kier alpha value is -0.160. The highest BCUT2D eigenvalue weighted by Gasteiger charge is 2.38. The van der Waals surface area contributed by atoms with Crippen LogP contribution < -0.4 is 5.32 Å². The van der Waals surface area contributed by atoms with Crippen LogP contribution in [0.2, 0.25) is 5.02 Å². The van der Waals surface area contributed by atoms with E-state index in [-0.39, 0.29) is 16.9 Å². The third kappa shape index (κ3) is 3.98. The molecule has 1 unspecified atom stereocenters. The van der Waals surface area contributed by atoms with Crippen molar-refractivity contribution in [1.29, 1.82) is 0 Å². The van der Waals surface area contributed by atoms with E-state index < -0.39 is 5.60 Å². The Morgan fingerprint density at radius 3 is 2.43 bits per heavy atom. The monoisotopic (exact) mass is 379 g/mol. The molecular weight excluding hydrogens is 357 g/mol. The van der Waals surface area contributed by atoms with Gasteiger partial charge in [-0.25, -0.2) is 4.39 Å². The maximum absolute atomic E-state index is 14.6. The average Bonchev–Trinajstić information content (AvgIpc) is 2.51. The predicted molar refractivity (Wildman–Crippen MR) is 90.5 cm³/mol. The topological polar surface area (TPSA) is 21.3 Å². The third-order valence-corrected chi connectivity index (χ3v) is 5.36. The molecule has 1 N–H and O–H groups in total. The number of benzene rings is 1. The van der Waals surface area contributed by atoms with Crippen LogP contribution in [0.15, 0.2) is 16.6 Å². The molecule has 0 aliphatic heterocycles. The Balaban J connectivity index is 3.34. The van der Waals surface area contributed by atoms with Crippen LogP contribution in [0.3, 0.4) is 0 Å². The number of hydrogen-bond acceptors (Lipinski definition) is 2. The second-order valence-electron chi connectivity index (χ2n) is 5.13. The van der Waals surface area contributed by atoms with E-state index in [1.165, 1.54) is 0 Å². The summed E-state index contributed by atoms with van der Waals surface area (Å²) in [5.41, 5.74) is 0.106. The van der Waals surface area contributed by atoms with Gasteiger partial charge in [0.2, 0.25) is 0 Å². The molecule has 0 fully saturated rings. The minimum absolute atomic E-state index is 0.119. The molecule has 5 heteroatoms. The average molecular weight is 381 g/mol. The maximum atomic E-state index is 14.6. The smallest absolute Gasteiger partial charge is 0.147 e. The minimum Gasteiger partial charge on any atom is -0.376 e. The number of ether oxygens (including phenoxy) is 1. The number of halogens is 3. The van der Waals surface area contributed by atoms with E-state index in [1.54, 1.807) is 19.2 Å². The van der Waals surface area contributed by atoms with Gasteiger partial charge in [0.1, 0.15) is 5.82 Å². The summed E-state index contributed by atoms with van der Waals surface area (Å²) in [6.07, 6.45) is 2.54. The Kier molecular flexibility index (Phi) is 7.62. The van der Waals surface area contributed by atoms with E-state index in [2.05, 4.69) is 42.0 Å². The van der Waals surface area contributed by atoms with Gasteiger partial charge in [0.05, 0.1) is 16.7 Å². The van der Waals surface area contributed by atoms with Gasteiger partial charge in [-0.3, -0.25) is 0 Å². The first-order valence-electron chi connectivity index (χ1n) is 7.39. The first kappa shape index (κ1) is 18.9. The fourth-order valence-corrected chi connectivity index (χ4v) is 3.17. The van der Waals surface area contributed by atoms with Crippen molar-refractivity contribution in [2.75, 3.05) is 13.7 Å². The second kappa shape index (κ2) is 8.47. The summed E-state index contributed by atoms with van der Waals surface area (Å²) in [4.78, 5) is 0. The largest absolute Gasteiger partial charge is 0.376 e. The molecule has 0 heterocycles. The van der Waals surface area contributed by atoms with Gasteiger partial charge in [-0.1, -0.05) is 38.4 Å². The fourth-order valence-electron chi connectivity index (χ4n) is 2.70. The van der Waals surface area contributed by atoms with Crippen molar-refractivity contribution >= 4 is 27.5 Å². The van der Waals surface area contributed by atoms with Gasteiger partial charge in [0, 0.05) is 17.1 Å². The van der Waals surface area contributed by atoms with Gasteiger partial charge in [-0.05, 0) is 47.8 Å². The Morgan fingerprint density at radius 1 is 1.33 bits per heavy atom. The summed E-state index contributed by atoms with van der Waals surface area (Å²) >= 11 is 9.31. The number of hydrogen-bond donors (Lipinski definition) is 1. The van der Waals surface area contributed by atoms with Crippen LogP contribution in [0.25, 0.3) is 0 Å². The van der Waals surface area contributed by atoms with Gasteiger partial charge in [-0.2, -0.15) is 0 Å². The van der Waals surface area contributed by atoms with E-state index in [9.17, 15) is 4.39 Å². The minimum atomic E-state index is -0.451. The molecule has 2 nitrogen and oxygen atoms in total. The zero-order valence-electron chi connectivity index (χ0n) is 13.1. The molecule has 1 aromatic rings. The second-order valence-corrected chi connectivity index (χ2v) is 6.36. The molecule has 0 spiro atoms. The number of methoxy groups -OCH3 is 1. The molecular formula is C16H24BrClFNO. The lowest BCUT2D eigenvalue weighted by molar-refractivity contribution is -0.0493. The van der Waals surface area contributed by atoms with Gasteiger partial charge >= 0.3 is 0 Å². The quantitative estimate of drug-likeness (QED) is 0.602. The standard InChI is InChI=1S/C16H24BrClFNO/c1-5-10-20-15(16(6-2,7-3)21-4)11-8-9-12(17)13(18)14(11)19/h8-9,15,20H,5-7,10H2,1-4H3. The van der Waals surface area contributed by atoms with Crippen molar-refractivity contribution < 1.29 is 9.13 Å². The maximum Gasteiger partial charge on any atom is 0.147 e. The summed E-state index contributed by atoms with van der Waals surface area (Å²) in [6, 6.07) is 3.33. The fraction of sp³-hybridized carbons (Fsp3) is 0.625. The summed E-state index contributed by atoms with van der Waals surface area (Å²) in [6.45, 7) is 7.00. The lowest BCUT2D eigenvalue weighted by Gasteiger charge is -2.39. The summed E-state index contributed by atoms with van der Waals surface area (Å²) in [5, 5.41) is 3.55.